The summed E-state index contributed by atoms with van der Waals surface area (Å²) in [7, 11) is 0. The first-order valence-corrected chi connectivity index (χ1v) is 10.9. The molecule has 1 N–H and O–H groups in total. The molecule has 2 amide bonds. The van der Waals surface area contributed by atoms with E-state index in [2.05, 4.69) is 5.32 Å². The van der Waals surface area contributed by atoms with Gasteiger partial charge in [-0.15, -0.1) is 11.8 Å². The number of nitrogens with zero attached hydrogens (tertiary/aromatic N) is 1. The van der Waals surface area contributed by atoms with Gasteiger partial charge in [0.15, 0.2) is 0 Å². The second kappa shape index (κ2) is 11.3. The van der Waals surface area contributed by atoms with E-state index < -0.39 is 6.04 Å². The van der Waals surface area contributed by atoms with Crippen molar-refractivity contribution in [1.29, 1.82) is 0 Å². The molecule has 0 fully saturated rings. The third-order valence-electron chi connectivity index (χ3n) is 4.23. The molecule has 2 rings (SSSR count). The van der Waals surface area contributed by atoms with E-state index in [9.17, 15) is 9.59 Å². The number of nitrogens with one attached hydrogen (secondary N) is 1. The van der Waals surface area contributed by atoms with Crippen LogP contribution in [0.1, 0.15) is 25.8 Å². The van der Waals surface area contributed by atoms with Gasteiger partial charge < -0.3 is 10.2 Å². The summed E-state index contributed by atoms with van der Waals surface area (Å²) >= 11 is 14.1. The highest BCUT2D eigenvalue weighted by atomic mass is 35.5. The number of amides is 2. The minimum Gasteiger partial charge on any atom is -0.355 e. The van der Waals surface area contributed by atoms with Crippen LogP contribution in [0, 0.1) is 0 Å². The number of benzene rings is 2. The molecular weight excluding hydrogens is 415 g/mol. The van der Waals surface area contributed by atoms with Crippen LogP contribution in [0.25, 0.3) is 0 Å². The lowest BCUT2D eigenvalue weighted by atomic mass is 10.1. The van der Waals surface area contributed by atoms with E-state index in [0.29, 0.717) is 28.6 Å². The van der Waals surface area contributed by atoms with E-state index in [0.717, 1.165) is 4.90 Å². The van der Waals surface area contributed by atoms with E-state index in [1.165, 1.54) is 11.8 Å². The fourth-order valence-corrected chi connectivity index (χ4v) is 4.13. The van der Waals surface area contributed by atoms with Crippen LogP contribution in [0.15, 0.2) is 53.4 Å². The molecule has 150 valence electrons. The molecule has 0 radical (unpaired) electrons. The molecule has 4 nitrogen and oxygen atoms in total. The lowest BCUT2D eigenvalue weighted by molar-refractivity contribution is -0.139. The minimum atomic E-state index is -0.587. The van der Waals surface area contributed by atoms with E-state index in [4.69, 9.17) is 23.2 Å². The first-order valence-electron chi connectivity index (χ1n) is 9.15. The minimum absolute atomic E-state index is 0.136. The highest BCUT2D eigenvalue weighted by molar-refractivity contribution is 8.00. The van der Waals surface area contributed by atoms with Crippen molar-refractivity contribution >= 4 is 46.8 Å². The van der Waals surface area contributed by atoms with Gasteiger partial charge in [0, 0.05) is 33.6 Å². The van der Waals surface area contributed by atoms with Gasteiger partial charge in [-0.05, 0) is 37.6 Å². The van der Waals surface area contributed by atoms with Crippen LogP contribution in [-0.4, -0.2) is 35.1 Å². The SMILES string of the molecule is CCNC(=O)[C@@H](CC)N(Cc1c(Cl)cccc1Cl)C(=O)CSc1ccccc1. The Morgan fingerprint density at radius 1 is 1.04 bits per heavy atom. The first kappa shape index (κ1) is 22.6. The van der Waals surface area contributed by atoms with Crippen molar-refractivity contribution in [1.82, 2.24) is 10.2 Å². The molecule has 0 aromatic heterocycles. The van der Waals surface area contributed by atoms with E-state index in [1.807, 2.05) is 44.2 Å². The number of carbonyl (C=O) groups is 2. The predicted octanol–water partition coefficient (Wildman–Crippen LogP) is 5.03. The Hall–Kier alpha value is -1.69. The second-order valence-electron chi connectivity index (χ2n) is 6.14. The van der Waals surface area contributed by atoms with Gasteiger partial charge in [-0.25, -0.2) is 0 Å². The van der Waals surface area contributed by atoms with Gasteiger partial charge in [0.25, 0.3) is 0 Å². The Bertz CT molecular complexity index is 782. The molecule has 2 aromatic carbocycles. The molecule has 0 unspecified atom stereocenters. The molecular formula is C21H24Cl2N2O2S. The number of likely N-dealkylation sites (N-methyl/N-ethyl adjacent to an activating group) is 1. The maximum atomic E-state index is 13.1. The zero-order chi connectivity index (χ0) is 20.5. The molecule has 1 atom stereocenters. The summed E-state index contributed by atoms with van der Waals surface area (Å²) in [5.41, 5.74) is 0.645. The summed E-state index contributed by atoms with van der Waals surface area (Å²) < 4.78 is 0. The lowest BCUT2D eigenvalue weighted by Crippen LogP contribution is -2.49. The van der Waals surface area contributed by atoms with Gasteiger partial charge in [0.1, 0.15) is 6.04 Å². The van der Waals surface area contributed by atoms with Crippen molar-refractivity contribution in [2.24, 2.45) is 0 Å². The topological polar surface area (TPSA) is 49.4 Å². The van der Waals surface area contributed by atoms with Gasteiger partial charge in [-0.3, -0.25) is 9.59 Å². The van der Waals surface area contributed by atoms with Gasteiger partial charge >= 0.3 is 0 Å². The molecule has 0 aliphatic heterocycles. The van der Waals surface area contributed by atoms with Gasteiger partial charge in [0.05, 0.1) is 5.75 Å². The monoisotopic (exact) mass is 438 g/mol. The van der Waals surface area contributed by atoms with E-state index >= 15 is 0 Å². The van der Waals surface area contributed by atoms with Crippen molar-refractivity contribution in [2.45, 2.75) is 37.8 Å². The fraction of sp³-hybridized carbons (Fsp3) is 0.333. The number of rotatable bonds is 9. The first-order chi connectivity index (χ1) is 13.5. The van der Waals surface area contributed by atoms with Crippen LogP contribution in [0.4, 0.5) is 0 Å². The molecule has 28 heavy (non-hydrogen) atoms. The van der Waals surface area contributed by atoms with E-state index in [-0.39, 0.29) is 24.1 Å². The van der Waals surface area contributed by atoms with Crippen molar-refractivity contribution in [3.8, 4) is 0 Å². The summed E-state index contributed by atoms with van der Waals surface area (Å²) in [6.45, 7) is 4.43. The standard InChI is InChI=1S/C21H24Cl2N2O2S/c1-3-19(21(27)24-4-2)25(13-16-17(22)11-8-12-18(16)23)20(26)14-28-15-9-6-5-7-10-15/h5-12,19H,3-4,13-14H2,1-2H3,(H,24,27)/t19-/m1/s1. The quantitative estimate of drug-likeness (QED) is 0.558. The molecule has 0 saturated heterocycles. The maximum absolute atomic E-state index is 13.1. The number of hydrogen-bond donors (Lipinski definition) is 1. The van der Waals surface area contributed by atoms with Gasteiger partial charge in [-0.1, -0.05) is 54.4 Å². The zero-order valence-corrected chi connectivity index (χ0v) is 18.3. The largest absolute Gasteiger partial charge is 0.355 e. The Labute approximate surface area is 180 Å². The van der Waals surface area contributed by atoms with Crippen molar-refractivity contribution in [3.63, 3.8) is 0 Å². The number of halogens is 2. The molecule has 0 aliphatic carbocycles. The van der Waals surface area contributed by atoms with Crippen molar-refractivity contribution < 1.29 is 9.59 Å². The normalized spacial score (nSPS) is 11.7. The molecule has 0 saturated carbocycles. The van der Waals surface area contributed by atoms with Crippen LogP contribution < -0.4 is 5.32 Å². The molecule has 2 aromatic rings. The third-order valence-corrected chi connectivity index (χ3v) is 5.94. The Morgan fingerprint density at radius 3 is 2.25 bits per heavy atom. The molecule has 7 heteroatoms. The number of carbonyl (C=O) groups excluding carboxylic acids is 2. The van der Waals surface area contributed by atoms with Gasteiger partial charge in [0.2, 0.25) is 11.8 Å². The van der Waals surface area contributed by atoms with E-state index in [1.54, 1.807) is 23.1 Å². The average Bonchev–Trinajstić information content (AvgIpc) is 2.69. The average molecular weight is 439 g/mol. The Kier molecular flexibility index (Phi) is 9.16. The lowest BCUT2D eigenvalue weighted by Gasteiger charge is -2.31. The van der Waals surface area contributed by atoms with Crippen LogP contribution in [-0.2, 0) is 16.1 Å². The van der Waals surface area contributed by atoms with Crippen LogP contribution in [0.2, 0.25) is 10.0 Å². The maximum Gasteiger partial charge on any atom is 0.242 e. The predicted molar refractivity (Wildman–Crippen MR) is 117 cm³/mol. The summed E-state index contributed by atoms with van der Waals surface area (Å²) in [4.78, 5) is 28.2. The highest BCUT2D eigenvalue weighted by Gasteiger charge is 2.29. The van der Waals surface area contributed by atoms with Crippen LogP contribution in [0.5, 0.6) is 0 Å². The number of hydrogen-bond acceptors (Lipinski definition) is 3. The van der Waals surface area contributed by atoms with Crippen molar-refractivity contribution in [2.75, 3.05) is 12.3 Å². The van der Waals surface area contributed by atoms with Crippen molar-refractivity contribution in [3.05, 3.63) is 64.1 Å². The van der Waals surface area contributed by atoms with Gasteiger partial charge in [-0.2, -0.15) is 0 Å². The van der Waals surface area contributed by atoms with Crippen LogP contribution in [0.3, 0.4) is 0 Å². The molecule has 0 spiro atoms. The Morgan fingerprint density at radius 2 is 1.68 bits per heavy atom. The highest BCUT2D eigenvalue weighted by Crippen LogP contribution is 2.28. The smallest absolute Gasteiger partial charge is 0.242 e. The zero-order valence-electron chi connectivity index (χ0n) is 16.0. The summed E-state index contributed by atoms with van der Waals surface area (Å²) in [5.74, 6) is -0.0867. The Balaban J connectivity index is 2.26. The third kappa shape index (κ3) is 6.16. The molecule has 0 heterocycles. The summed E-state index contributed by atoms with van der Waals surface area (Å²) in [6.07, 6.45) is 0.496. The molecule has 0 bridgehead atoms. The molecule has 0 aliphatic rings. The summed E-state index contributed by atoms with van der Waals surface area (Å²) in [6, 6.07) is 14.3. The second-order valence-corrected chi connectivity index (χ2v) is 8.01. The summed E-state index contributed by atoms with van der Waals surface area (Å²) in [5, 5.41) is 3.77. The number of thioether (sulfide) groups is 1. The van der Waals surface area contributed by atoms with Crippen LogP contribution >= 0.6 is 35.0 Å². The fourth-order valence-electron chi connectivity index (χ4n) is 2.81.